The van der Waals surface area contributed by atoms with E-state index in [9.17, 15) is 0 Å². The first-order valence-electron chi connectivity index (χ1n) is 3.54. The minimum atomic E-state index is 1.02. The van der Waals surface area contributed by atoms with Crippen LogP contribution in [0.25, 0.3) is 5.69 Å². The molecule has 0 spiro atoms. The Hall–Kier alpha value is -1.09. The molecule has 0 aliphatic rings. The summed E-state index contributed by atoms with van der Waals surface area (Å²) in [6.07, 6.45) is 4.67. The highest BCUT2D eigenvalue weighted by Gasteiger charge is 1.94. The molecule has 0 aliphatic carbocycles. The molecule has 0 fully saturated rings. The summed E-state index contributed by atoms with van der Waals surface area (Å²) in [5.74, 6) is 0. The van der Waals surface area contributed by atoms with Crippen molar-refractivity contribution in [1.29, 1.82) is 0 Å². The van der Waals surface area contributed by atoms with Crippen LogP contribution in [0.4, 0.5) is 0 Å². The summed E-state index contributed by atoms with van der Waals surface area (Å²) in [6, 6.07) is 9.69. The predicted octanol–water partition coefficient (Wildman–Crippen LogP) is 2.43. The van der Waals surface area contributed by atoms with Gasteiger partial charge in [0.25, 0.3) is 0 Å². The summed E-state index contributed by atoms with van der Waals surface area (Å²) in [5, 5.41) is 4.06. The molecule has 0 saturated heterocycles. The van der Waals surface area contributed by atoms with Gasteiger partial charge in [0.05, 0.1) is 18.1 Å². The minimum absolute atomic E-state index is 1.02. The van der Waals surface area contributed by atoms with Crippen LogP contribution in [0.3, 0.4) is 0 Å². The number of rotatable bonds is 1. The van der Waals surface area contributed by atoms with E-state index in [1.807, 2.05) is 24.3 Å². The van der Waals surface area contributed by atoms with Crippen molar-refractivity contribution >= 4 is 15.9 Å². The maximum atomic E-state index is 4.06. The van der Waals surface area contributed by atoms with Crippen LogP contribution in [0.2, 0.25) is 0 Å². The van der Waals surface area contributed by atoms with Gasteiger partial charge in [0, 0.05) is 4.47 Å². The molecule has 3 heteroatoms. The van der Waals surface area contributed by atoms with Gasteiger partial charge in [-0.05, 0) is 30.3 Å². The first-order valence-corrected chi connectivity index (χ1v) is 4.33. The smallest absolute Gasteiger partial charge is 0.0926 e. The van der Waals surface area contributed by atoms with Gasteiger partial charge in [-0.2, -0.15) is 5.10 Å². The van der Waals surface area contributed by atoms with E-state index < -0.39 is 0 Å². The molecule has 59 valence electrons. The third-order valence-corrected chi connectivity index (χ3v) is 2.05. The van der Waals surface area contributed by atoms with E-state index in [0.717, 1.165) is 10.2 Å². The number of nitrogens with zero attached hydrogens (tertiary/aromatic N) is 2. The topological polar surface area (TPSA) is 17.8 Å². The van der Waals surface area contributed by atoms with Crippen molar-refractivity contribution in [2.24, 2.45) is 0 Å². The van der Waals surface area contributed by atoms with Gasteiger partial charge in [-0.15, -0.1) is 0 Å². The second-order valence-corrected chi connectivity index (χ2v) is 3.26. The molecule has 0 saturated carbocycles. The lowest BCUT2D eigenvalue weighted by atomic mass is 10.3. The largest absolute Gasteiger partial charge is 0.232 e. The van der Waals surface area contributed by atoms with E-state index in [-0.39, 0.29) is 0 Å². The van der Waals surface area contributed by atoms with Gasteiger partial charge in [-0.1, -0.05) is 15.9 Å². The first kappa shape index (κ1) is 7.55. The average molecular weight is 222 g/mol. The quantitative estimate of drug-likeness (QED) is 0.724. The summed E-state index contributed by atoms with van der Waals surface area (Å²) >= 11 is 3.37. The zero-order valence-corrected chi connectivity index (χ0v) is 7.82. The van der Waals surface area contributed by atoms with Gasteiger partial charge in [0.2, 0.25) is 0 Å². The van der Waals surface area contributed by atoms with Crippen LogP contribution in [-0.2, 0) is 0 Å². The maximum absolute atomic E-state index is 4.06. The van der Waals surface area contributed by atoms with Gasteiger partial charge in [0.15, 0.2) is 0 Å². The molecule has 1 radical (unpaired) electrons. The van der Waals surface area contributed by atoms with E-state index in [0.29, 0.717) is 0 Å². The average Bonchev–Trinajstić information content (AvgIpc) is 2.58. The standard InChI is InChI=1S/C9H6BrN2/c10-8-2-4-9(5-3-8)12-7-1-6-11-12/h1-6H. The number of hydrogen-bond donors (Lipinski definition) is 0. The maximum Gasteiger partial charge on any atom is 0.0926 e. The molecule has 2 rings (SSSR count). The highest BCUT2D eigenvalue weighted by molar-refractivity contribution is 9.10. The van der Waals surface area contributed by atoms with Crippen LogP contribution in [0, 0.1) is 6.20 Å². The van der Waals surface area contributed by atoms with Crippen LogP contribution in [0.15, 0.2) is 41.0 Å². The molecular formula is C9H6BrN2. The molecule has 0 N–H and O–H groups in total. The Morgan fingerprint density at radius 1 is 1.25 bits per heavy atom. The molecule has 0 bridgehead atoms. The van der Waals surface area contributed by atoms with Crippen molar-refractivity contribution in [2.45, 2.75) is 0 Å². The normalized spacial score (nSPS) is 10.1. The molecule has 1 aromatic carbocycles. The Balaban J connectivity index is 2.43. The van der Waals surface area contributed by atoms with Gasteiger partial charge in [-0.3, -0.25) is 0 Å². The number of benzene rings is 1. The molecule has 0 amide bonds. The van der Waals surface area contributed by atoms with Crippen LogP contribution in [0.5, 0.6) is 0 Å². The highest BCUT2D eigenvalue weighted by Crippen LogP contribution is 2.12. The van der Waals surface area contributed by atoms with E-state index in [1.54, 1.807) is 16.9 Å². The summed E-state index contributed by atoms with van der Waals surface area (Å²) in [6.45, 7) is 0. The SMILES string of the molecule is Brc1ccc(-n2[c]ccn2)cc1. The third kappa shape index (κ3) is 1.41. The lowest BCUT2D eigenvalue weighted by molar-refractivity contribution is 0.874. The molecule has 0 aliphatic heterocycles. The fourth-order valence-electron chi connectivity index (χ4n) is 0.961. The van der Waals surface area contributed by atoms with E-state index in [1.165, 1.54) is 0 Å². The van der Waals surface area contributed by atoms with E-state index >= 15 is 0 Å². The van der Waals surface area contributed by atoms with Crippen LogP contribution in [-0.4, -0.2) is 9.78 Å². The molecule has 0 unspecified atom stereocenters. The molecule has 1 aromatic heterocycles. The van der Waals surface area contributed by atoms with Crippen molar-refractivity contribution in [3.63, 3.8) is 0 Å². The van der Waals surface area contributed by atoms with Gasteiger partial charge >= 0.3 is 0 Å². The van der Waals surface area contributed by atoms with Crippen molar-refractivity contribution in [1.82, 2.24) is 9.78 Å². The van der Waals surface area contributed by atoms with Crippen LogP contribution in [0.1, 0.15) is 0 Å². The van der Waals surface area contributed by atoms with E-state index in [4.69, 9.17) is 0 Å². The molecule has 0 atom stereocenters. The first-order chi connectivity index (χ1) is 5.86. The van der Waals surface area contributed by atoms with Crippen LogP contribution >= 0.6 is 15.9 Å². The predicted molar refractivity (Wildman–Crippen MR) is 50.1 cm³/mol. The zero-order valence-electron chi connectivity index (χ0n) is 6.24. The highest BCUT2D eigenvalue weighted by atomic mass is 79.9. The Kier molecular flexibility index (Phi) is 1.96. The summed E-state index contributed by atoms with van der Waals surface area (Å²) in [7, 11) is 0. The summed E-state index contributed by atoms with van der Waals surface area (Å²) < 4.78 is 2.77. The Labute approximate surface area is 79.0 Å². The molecular weight excluding hydrogens is 216 g/mol. The van der Waals surface area contributed by atoms with Crippen molar-refractivity contribution in [3.05, 3.63) is 47.2 Å². The summed E-state index contributed by atoms with van der Waals surface area (Å²) in [4.78, 5) is 0. The van der Waals surface area contributed by atoms with Gasteiger partial charge in [0.1, 0.15) is 0 Å². The Morgan fingerprint density at radius 2 is 2.00 bits per heavy atom. The fourth-order valence-corrected chi connectivity index (χ4v) is 1.23. The number of halogens is 1. The van der Waals surface area contributed by atoms with Crippen molar-refractivity contribution < 1.29 is 0 Å². The minimum Gasteiger partial charge on any atom is -0.232 e. The van der Waals surface area contributed by atoms with Crippen molar-refractivity contribution in [2.75, 3.05) is 0 Å². The molecule has 1 heterocycles. The lowest BCUT2D eigenvalue weighted by Crippen LogP contribution is -1.93. The zero-order chi connectivity index (χ0) is 8.39. The fraction of sp³-hybridized carbons (Fsp3) is 0. The van der Waals surface area contributed by atoms with E-state index in [2.05, 4.69) is 27.2 Å². The Bertz CT molecular complexity index is 351. The molecule has 12 heavy (non-hydrogen) atoms. The lowest BCUT2D eigenvalue weighted by Gasteiger charge is -1.98. The molecule has 2 nitrogen and oxygen atoms in total. The summed E-state index contributed by atoms with van der Waals surface area (Å²) in [5.41, 5.74) is 1.02. The second kappa shape index (κ2) is 3.11. The molecule has 2 aromatic rings. The third-order valence-electron chi connectivity index (χ3n) is 1.52. The number of aromatic nitrogens is 2. The second-order valence-electron chi connectivity index (χ2n) is 2.35. The Morgan fingerprint density at radius 3 is 2.58 bits per heavy atom. The van der Waals surface area contributed by atoms with Crippen molar-refractivity contribution in [3.8, 4) is 5.69 Å². The monoisotopic (exact) mass is 221 g/mol. The van der Waals surface area contributed by atoms with Gasteiger partial charge in [-0.25, -0.2) is 4.68 Å². The van der Waals surface area contributed by atoms with Gasteiger partial charge < -0.3 is 0 Å². The van der Waals surface area contributed by atoms with Crippen LogP contribution < -0.4 is 0 Å². The number of hydrogen-bond acceptors (Lipinski definition) is 1.